The number of methoxy groups -OCH3 is 1. The fourth-order valence-electron chi connectivity index (χ4n) is 3.32. The van der Waals surface area contributed by atoms with Crippen LogP contribution < -0.4 is 14.2 Å². The van der Waals surface area contributed by atoms with E-state index in [4.69, 9.17) is 9.47 Å². The summed E-state index contributed by atoms with van der Waals surface area (Å²) in [4.78, 5) is 4.08. The molecule has 0 spiro atoms. The quantitative estimate of drug-likeness (QED) is 0.464. The molecule has 2 aromatic carbocycles. The van der Waals surface area contributed by atoms with Crippen molar-refractivity contribution in [2.45, 2.75) is 28.9 Å². The van der Waals surface area contributed by atoms with Crippen LogP contribution in [0.4, 0.5) is 0 Å². The van der Waals surface area contributed by atoms with Crippen molar-refractivity contribution in [2.24, 2.45) is 0 Å². The van der Waals surface area contributed by atoms with Crippen molar-refractivity contribution in [3.05, 3.63) is 78.1 Å². The summed E-state index contributed by atoms with van der Waals surface area (Å²) < 4.78 is 65.8. The molecule has 1 heterocycles. The maximum Gasteiger partial charge on any atom is 0.240 e. The minimum Gasteiger partial charge on any atom is -0.496 e. The Bertz CT molecular complexity index is 1290. The third kappa shape index (κ3) is 5.70. The lowest BCUT2D eigenvalue weighted by Gasteiger charge is -2.19. The van der Waals surface area contributed by atoms with E-state index in [2.05, 4.69) is 9.71 Å². The summed E-state index contributed by atoms with van der Waals surface area (Å²) in [6.45, 7) is 3.65. The third-order valence-electron chi connectivity index (χ3n) is 5.03. The molecule has 1 aromatic heterocycles. The van der Waals surface area contributed by atoms with Gasteiger partial charge in [-0.25, -0.2) is 21.6 Å². The molecule has 33 heavy (non-hydrogen) atoms. The number of nitrogens with one attached hydrogen (secondary N) is 1. The lowest BCUT2D eigenvalue weighted by Crippen LogP contribution is -2.32. The zero-order valence-electron chi connectivity index (χ0n) is 18.6. The van der Waals surface area contributed by atoms with Gasteiger partial charge in [0.1, 0.15) is 16.7 Å². The largest absolute Gasteiger partial charge is 0.496 e. The molecule has 3 aromatic rings. The second kappa shape index (κ2) is 10.3. The van der Waals surface area contributed by atoms with Gasteiger partial charge in [-0.05, 0) is 73.5 Å². The number of aromatic nitrogens is 1. The van der Waals surface area contributed by atoms with Crippen LogP contribution in [0.5, 0.6) is 11.5 Å². The molecule has 10 heteroatoms. The minimum atomic E-state index is -3.98. The molecule has 3 rings (SSSR count). The summed E-state index contributed by atoms with van der Waals surface area (Å²) in [7, 11) is -6.43. The van der Waals surface area contributed by atoms with Crippen molar-refractivity contribution in [3.63, 3.8) is 0 Å². The maximum atomic E-state index is 13.5. The second-order valence-electron chi connectivity index (χ2n) is 7.21. The lowest BCUT2D eigenvalue weighted by molar-refractivity contribution is 0.340. The van der Waals surface area contributed by atoms with Gasteiger partial charge in [-0.3, -0.25) is 4.98 Å². The molecule has 0 radical (unpaired) electrons. The molecular formula is C23H26N2O6S2. The zero-order valence-corrected chi connectivity index (χ0v) is 20.2. The second-order valence-corrected chi connectivity index (χ2v) is 11.1. The van der Waals surface area contributed by atoms with Crippen molar-refractivity contribution in [3.8, 4) is 11.5 Å². The van der Waals surface area contributed by atoms with Crippen molar-refractivity contribution < 1.29 is 26.3 Å². The topological polar surface area (TPSA) is 112 Å². The Kier molecular flexibility index (Phi) is 7.72. The summed E-state index contributed by atoms with van der Waals surface area (Å²) >= 11 is 0. The number of hydrogen-bond acceptors (Lipinski definition) is 7. The highest BCUT2D eigenvalue weighted by atomic mass is 32.2. The van der Waals surface area contributed by atoms with Gasteiger partial charge in [0.05, 0.1) is 23.5 Å². The summed E-state index contributed by atoms with van der Waals surface area (Å²) in [5.74, 6) is 1.10. The molecule has 1 unspecified atom stereocenters. The number of benzene rings is 2. The van der Waals surface area contributed by atoms with Gasteiger partial charge in [0.15, 0.2) is 9.84 Å². The van der Waals surface area contributed by atoms with Crippen molar-refractivity contribution in [1.82, 2.24) is 9.71 Å². The van der Waals surface area contributed by atoms with Gasteiger partial charge in [-0.15, -0.1) is 0 Å². The molecule has 0 fully saturated rings. The van der Waals surface area contributed by atoms with Crippen LogP contribution in [0, 0.1) is 6.92 Å². The van der Waals surface area contributed by atoms with E-state index in [1.165, 1.54) is 43.8 Å². The van der Waals surface area contributed by atoms with Crippen LogP contribution in [-0.2, 0) is 19.9 Å². The Balaban J connectivity index is 1.93. The van der Waals surface area contributed by atoms with Gasteiger partial charge in [0.25, 0.3) is 0 Å². The average molecular weight is 491 g/mol. The number of hydrogen-bond donors (Lipinski definition) is 1. The Labute approximate surface area is 194 Å². The van der Waals surface area contributed by atoms with Crippen LogP contribution in [0.1, 0.15) is 23.3 Å². The van der Waals surface area contributed by atoms with Crippen molar-refractivity contribution in [2.75, 3.05) is 20.3 Å². The molecule has 0 amide bonds. The standard InChI is InChI=1S/C23H26N2O6S2/c1-4-31-19-7-9-20(10-8-19)32(26,27)23(18-6-5-13-24-15-18)16-25-33(28,29)21-11-12-22(30-3)17(2)14-21/h5-15,23,25H,4,16H2,1-3H3. The Morgan fingerprint density at radius 2 is 1.70 bits per heavy atom. The first-order valence-electron chi connectivity index (χ1n) is 10.2. The predicted molar refractivity (Wildman–Crippen MR) is 125 cm³/mol. The normalized spacial score (nSPS) is 12.8. The predicted octanol–water partition coefficient (Wildman–Crippen LogP) is 3.29. The third-order valence-corrected chi connectivity index (χ3v) is 8.57. The summed E-state index contributed by atoms with van der Waals surface area (Å²) in [6, 6.07) is 13.7. The molecule has 0 bridgehead atoms. The minimum absolute atomic E-state index is 0.0178. The maximum absolute atomic E-state index is 13.5. The van der Waals surface area contributed by atoms with E-state index in [1.54, 1.807) is 37.3 Å². The van der Waals surface area contributed by atoms with Gasteiger partial charge in [0, 0.05) is 18.9 Å². The number of sulfonamides is 1. The van der Waals surface area contributed by atoms with Gasteiger partial charge in [0.2, 0.25) is 10.0 Å². The van der Waals surface area contributed by atoms with Gasteiger partial charge in [-0.2, -0.15) is 0 Å². The zero-order chi connectivity index (χ0) is 24.1. The molecule has 8 nitrogen and oxygen atoms in total. The van der Waals surface area contributed by atoms with Crippen LogP contribution >= 0.6 is 0 Å². The van der Waals surface area contributed by atoms with E-state index in [9.17, 15) is 16.8 Å². The first-order valence-corrected chi connectivity index (χ1v) is 13.2. The van der Waals surface area contributed by atoms with Gasteiger partial charge >= 0.3 is 0 Å². The SMILES string of the molecule is CCOc1ccc(S(=O)(=O)C(CNS(=O)(=O)c2ccc(OC)c(C)c2)c2cccnc2)cc1. The highest BCUT2D eigenvalue weighted by Crippen LogP contribution is 2.30. The highest BCUT2D eigenvalue weighted by molar-refractivity contribution is 7.92. The fraction of sp³-hybridized carbons (Fsp3) is 0.261. The number of ether oxygens (including phenoxy) is 2. The summed E-state index contributed by atoms with van der Waals surface area (Å²) in [5, 5.41) is -1.18. The Morgan fingerprint density at radius 3 is 2.27 bits per heavy atom. The van der Waals surface area contributed by atoms with Gasteiger partial charge in [-0.1, -0.05) is 6.07 Å². The summed E-state index contributed by atoms with van der Waals surface area (Å²) in [6.07, 6.45) is 2.94. The number of pyridine rings is 1. The monoisotopic (exact) mass is 490 g/mol. The van der Waals surface area contributed by atoms with E-state index in [-0.39, 0.29) is 16.3 Å². The molecular weight excluding hydrogens is 464 g/mol. The molecule has 0 saturated carbocycles. The fourth-order valence-corrected chi connectivity index (χ4v) is 6.20. The highest BCUT2D eigenvalue weighted by Gasteiger charge is 2.31. The van der Waals surface area contributed by atoms with Crippen LogP contribution in [-0.4, -0.2) is 42.1 Å². The first kappa shape index (κ1) is 24.7. The van der Waals surface area contributed by atoms with E-state index in [0.29, 0.717) is 29.2 Å². The van der Waals surface area contributed by atoms with Crippen molar-refractivity contribution in [1.29, 1.82) is 0 Å². The molecule has 0 aliphatic rings. The number of sulfone groups is 1. The van der Waals surface area contributed by atoms with Crippen LogP contribution in [0.3, 0.4) is 0 Å². The molecule has 1 atom stereocenters. The Hall–Kier alpha value is -2.95. The molecule has 0 saturated heterocycles. The number of nitrogens with zero attached hydrogens (tertiary/aromatic N) is 1. The summed E-state index contributed by atoms with van der Waals surface area (Å²) in [5.41, 5.74) is 1.02. The molecule has 0 aliphatic heterocycles. The number of rotatable bonds is 10. The first-order chi connectivity index (χ1) is 15.7. The van der Waals surface area contributed by atoms with Crippen molar-refractivity contribution >= 4 is 19.9 Å². The average Bonchev–Trinajstić information content (AvgIpc) is 2.80. The van der Waals surface area contributed by atoms with E-state index in [1.807, 2.05) is 6.92 Å². The van der Waals surface area contributed by atoms with Crippen LogP contribution in [0.2, 0.25) is 0 Å². The van der Waals surface area contributed by atoms with Crippen LogP contribution in [0.25, 0.3) is 0 Å². The van der Waals surface area contributed by atoms with Crippen LogP contribution in [0.15, 0.2) is 76.8 Å². The lowest BCUT2D eigenvalue weighted by atomic mass is 10.2. The smallest absolute Gasteiger partial charge is 0.240 e. The molecule has 0 aliphatic carbocycles. The Morgan fingerprint density at radius 1 is 1.00 bits per heavy atom. The van der Waals surface area contributed by atoms with E-state index in [0.717, 1.165) is 0 Å². The molecule has 1 N–H and O–H groups in total. The van der Waals surface area contributed by atoms with E-state index >= 15 is 0 Å². The molecule has 176 valence electrons. The van der Waals surface area contributed by atoms with Gasteiger partial charge < -0.3 is 9.47 Å². The number of aryl methyl sites for hydroxylation is 1. The van der Waals surface area contributed by atoms with E-state index < -0.39 is 25.1 Å².